The summed E-state index contributed by atoms with van der Waals surface area (Å²) in [5.74, 6) is -1.77. The number of carbonyl (C=O) groups is 3. The predicted octanol–water partition coefficient (Wildman–Crippen LogP) is -1.02. The molecule has 0 bridgehead atoms. The summed E-state index contributed by atoms with van der Waals surface area (Å²) >= 11 is 0. The van der Waals surface area contributed by atoms with Crippen LogP contribution < -0.4 is 11.1 Å². The van der Waals surface area contributed by atoms with Crippen molar-refractivity contribution >= 4 is 17.9 Å². The highest BCUT2D eigenvalue weighted by atomic mass is 16.4. The number of nitrogens with one attached hydrogen (secondary N) is 1. The van der Waals surface area contributed by atoms with E-state index in [4.69, 9.17) is 10.8 Å². The second-order valence-corrected chi connectivity index (χ2v) is 3.07. The van der Waals surface area contributed by atoms with Gasteiger partial charge in [-0.25, -0.2) is 9.59 Å². The standard InChI is InChI=1S/C8H15N3O4/c1-3-5(7(13)14)10-8(15)11(2)4-6(9)12/h5H,3-4H2,1-2H3,(H2,9,12)(H,10,15)(H,13,14)/t5-/m0/s1. The van der Waals surface area contributed by atoms with Gasteiger partial charge >= 0.3 is 12.0 Å². The van der Waals surface area contributed by atoms with Crippen LogP contribution >= 0.6 is 0 Å². The fourth-order valence-corrected chi connectivity index (χ4v) is 0.903. The maximum atomic E-state index is 11.3. The van der Waals surface area contributed by atoms with E-state index in [0.717, 1.165) is 4.90 Å². The zero-order valence-corrected chi connectivity index (χ0v) is 8.69. The van der Waals surface area contributed by atoms with Crippen molar-refractivity contribution in [3.05, 3.63) is 0 Å². The van der Waals surface area contributed by atoms with Gasteiger partial charge < -0.3 is 21.1 Å². The topological polar surface area (TPSA) is 113 Å². The minimum absolute atomic E-state index is 0.248. The van der Waals surface area contributed by atoms with Gasteiger partial charge in [0.1, 0.15) is 12.6 Å². The van der Waals surface area contributed by atoms with Crippen LogP contribution in [0.25, 0.3) is 0 Å². The highest BCUT2D eigenvalue weighted by Gasteiger charge is 2.20. The molecule has 0 aliphatic heterocycles. The van der Waals surface area contributed by atoms with Gasteiger partial charge in [0.15, 0.2) is 0 Å². The van der Waals surface area contributed by atoms with Crippen molar-refractivity contribution in [1.29, 1.82) is 0 Å². The molecule has 0 aromatic rings. The van der Waals surface area contributed by atoms with Gasteiger partial charge in [0.25, 0.3) is 0 Å². The Kier molecular flexibility index (Phi) is 5.14. The SMILES string of the molecule is CC[C@H](NC(=O)N(C)CC(N)=O)C(=O)O. The molecule has 0 aliphatic rings. The molecule has 15 heavy (non-hydrogen) atoms. The molecule has 0 unspecified atom stereocenters. The van der Waals surface area contributed by atoms with Crippen molar-refractivity contribution in [3.63, 3.8) is 0 Å². The number of nitrogens with zero attached hydrogens (tertiary/aromatic N) is 1. The number of aliphatic carboxylic acids is 1. The molecule has 0 saturated carbocycles. The number of carboxylic acid groups (broad SMARTS) is 1. The number of hydrogen-bond acceptors (Lipinski definition) is 3. The zero-order chi connectivity index (χ0) is 12.0. The van der Waals surface area contributed by atoms with Gasteiger partial charge in [-0.15, -0.1) is 0 Å². The normalized spacial score (nSPS) is 11.6. The van der Waals surface area contributed by atoms with Crippen LogP contribution in [0.5, 0.6) is 0 Å². The maximum Gasteiger partial charge on any atom is 0.326 e. The highest BCUT2D eigenvalue weighted by molar-refractivity contribution is 5.85. The first kappa shape index (κ1) is 13.2. The maximum absolute atomic E-state index is 11.3. The van der Waals surface area contributed by atoms with Gasteiger partial charge in [0.2, 0.25) is 5.91 Å². The van der Waals surface area contributed by atoms with Crippen LogP contribution in [0.15, 0.2) is 0 Å². The van der Waals surface area contributed by atoms with E-state index in [0.29, 0.717) is 0 Å². The molecule has 0 saturated heterocycles. The number of hydrogen-bond donors (Lipinski definition) is 3. The second kappa shape index (κ2) is 5.84. The van der Waals surface area contributed by atoms with E-state index >= 15 is 0 Å². The van der Waals surface area contributed by atoms with Gasteiger partial charge in [-0.3, -0.25) is 4.79 Å². The number of carboxylic acids is 1. The van der Waals surface area contributed by atoms with Crippen molar-refractivity contribution in [2.24, 2.45) is 5.73 Å². The monoisotopic (exact) mass is 217 g/mol. The van der Waals surface area contributed by atoms with Crippen molar-refractivity contribution in [3.8, 4) is 0 Å². The molecular weight excluding hydrogens is 202 g/mol. The smallest absolute Gasteiger partial charge is 0.326 e. The van der Waals surface area contributed by atoms with Gasteiger partial charge in [0, 0.05) is 7.05 Å². The number of likely N-dealkylation sites (N-methyl/N-ethyl adjacent to an activating group) is 1. The van der Waals surface area contributed by atoms with Gasteiger partial charge in [-0.2, -0.15) is 0 Å². The molecule has 0 aromatic heterocycles. The summed E-state index contributed by atoms with van der Waals surface area (Å²) in [5.41, 5.74) is 4.88. The highest BCUT2D eigenvalue weighted by Crippen LogP contribution is 1.93. The summed E-state index contributed by atoms with van der Waals surface area (Å²) in [6.45, 7) is 1.38. The van der Waals surface area contributed by atoms with E-state index in [9.17, 15) is 14.4 Å². The number of amides is 3. The summed E-state index contributed by atoms with van der Waals surface area (Å²) in [7, 11) is 1.36. The molecule has 4 N–H and O–H groups in total. The van der Waals surface area contributed by atoms with Crippen LogP contribution in [-0.4, -0.2) is 47.5 Å². The van der Waals surface area contributed by atoms with Crippen LogP contribution in [0, 0.1) is 0 Å². The molecule has 0 rings (SSSR count). The number of primary amides is 1. The Hall–Kier alpha value is -1.79. The van der Waals surface area contributed by atoms with Crippen LogP contribution in [-0.2, 0) is 9.59 Å². The Labute approximate surface area is 87.2 Å². The van der Waals surface area contributed by atoms with Crippen molar-refractivity contribution < 1.29 is 19.5 Å². The Bertz CT molecular complexity index is 267. The lowest BCUT2D eigenvalue weighted by Crippen LogP contribution is -2.48. The predicted molar refractivity (Wildman–Crippen MR) is 52.1 cm³/mol. The van der Waals surface area contributed by atoms with E-state index in [-0.39, 0.29) is 13.0 Å². The fraction of sp³-hybridized carbons (Fsp3) is 0.625. The average Bonchev–Trinajstić information content (AvgIpc) is 2.11. The minimum atomic E-state index is -1.11. The Balaban J connectivity index is 4.21. The molecule has 0 radical (unpaired) electrons. The van der Waals surface area contributed by atoms with Crippen molar-refractivity contribution in [1.82, 2.24) is 10.2 Å². The Morgan fingerprint density at radius 3 is 2.33 bits per heavy atom. The number of nitrogens with two attached hydrogens (primary N) is 1. The Morgan fingerprint density at radius 1 is 1.47 bits per heavy atom. The van der Waals surface area contributed by atoms with Crippen molar-refractivity contribution in [2.45, 2.75) is 19.4 Å². The minimum Gasteiger partial charge on any atom is -0.480 e. The molecule has 86 valence electrons. The summed E-state index contributed by atoms with van der Waals surface area (Å²) in [6, 6.07) is -1.59. The van der Waals surface area contributed by atoms with Crippen LogP contribution in [0.1, 0.15) is 13.3 Å². The summed E-state index contributed by atoms with van der Waals surface area (Å²) in [4.78, 5) is 33.4. The molecule has 0 fully saturated rings. The van der Waals surface area contributed by atoms with Gasteiger partial charge in [-0.05, 0) is 6.42 Å². The molecule has 0 aromatic carbocycles. The van der Waals surface area contributed by atoms with Crippen molar-refractivity contribution in [2.75, 3.05) is 13.6 Å². The third-order valence-electron chi connectivity index (χ3n) is 1.74. The summed E-state index contributed by atoms with van der Waals surface area (Å²) in [6.07, 6.45) is 0.269. The van der Waals surface area contributed by atoms with E-state index in [1.54, 1.807) is 6.92 Å². The molecule has 7 heteroatoms. The number of rotatable bonds is 5. The fourth-order valence-electron chi connectivity index (χ4n) is 0.903. The molecule has 0 spiro atoms. The third kappa shape index (κ3) is 4.84. The van der Waals surface area contributed by atoms with Crippen LogP contribution in [0.3, 0.4) is 0 Å². The lowest BCUT2D eigenvalue weighted by Gasteiger charge is -2.19. The number of carbonyl (C=O) groups excluding carboxylic acids is 2. The molecule has 0 heterocycles. The Morgan fingerprint density at radius 2 is 2.00 bits per heavy atom. The lowest BCUT2D eigenvalue weighted by molar-refractivity contribution is -0.139. The molecular formula is C8H15N3O4. The van der Waals surface area contributed by atoms with E-state index in [1.807, 2.05) is 0 Å². The molecule has 0 aliphatic carbocycles. The number of urea groups is 1. The summed E-state index contributed by atoms with van der Waals surface area (Å²) in [5, 5.41) is 10.9. The third-order valence-corrected chi connectivity index (χ3v) is 1.74. The van der Waals surface area contributed by atoms with Gasteiger partial charge in [-0.1, -0.05) is 6.92 Å². The molecule has 7 nitrogen and oxygen atoms in total. The average molecular weight is 217 g/mol. The van der Waals surface area contributed by atoms with Gasteiger partial charge in [0.05, 0.1) is 0 Å². The largest absolute Gasteiger partial charge is 0.480 e. The second-order valence-electron chi connectivity index (χ2n) is 3.07. The first-order valence-corrected chi connectivity index (χ1v) is 4.41. The van der Waals surface area contributed by atoms with Crippen LogP contribution in [0.2, 0.25) is 0 Å². The van der Waals surface area contributed by atoms with E-state index < -0.39 is 23.9 Å². The van der Waals surface area contributed by atoms with Crippen LogP contribution in [0.4, 0.5) is 4.79 Å². The molecule has 1 atom stereocenters. The molecule has 3 amide bonds. The lowest BCUT2D eigenvalue weighted by atomic mass is 10.2. The quantitative estimate of drug-likeness (QED) is 0.546. The first-order valence-electron chi connectivity index (χ1n) is 4.41. The van der Waals surface area contributed by atoms with E-state index in [2.05, 4.69) is 5.32 Å². The van der Waals surface area contributed by atoms with E-state index in [1.165, 1.54) is 7.05 Å². The zero-order valence-electron chi connectivity index (χ0n) is 8.69. The summed E-state index contributed by atoms with van der Waals surface area (Å²) < 4.78 is 0. The first-order chi connectivity index (χ1) is 6.88.